The number of nitrogens with zero attached hydrogens (tertiary/aromatic N) is 4. The van der Waals surface area contributed by atoms with Crippen molar-refractivity contribution < 1.29 is 51.3 Å². The average Bonchev–Trinajstić information content (AvgIpc) is 3.14. The summed E-state index contributed by atoms with van der Waals surface area (Å²) in [6, 6.07) is 0. The SMILES string of the molecule is Nc1ncnc2c1ncn2C1OC(COP2OP(=O)([O-])OP(=O)([O-])O2)C(O)C1O. The van der Waals surface area contributed by atoms with E-state index < -0.39 is 55.4 Å². The van der Waals surface area contributed by atoms with Gasteiger partial charge in [0.05, 0.1) is 12.9 Å². The summed E-state index contributed by atoms with van der Waals surface area (Å²) in [5.41, 5.74) is 6.18. The van der Waals surface area contributed by atoms with Gasteiger partial charge in [0.1, 0.15) is 30.2 Å². The molecule has 0 aliphatic carbocycles. The molecule has 2 aliphatic heterocycles. The van der Waals surface area contributed by atoms with E-state index in [4.69, 9.17) is 15.0 Å². The summed E-state index contributed by atoms with van der Waals surface area (Å²) >= 11 is 0. The number of aromatic nitrogens is 4. The Morgan fingerprint density at radius 1 is 1.21 bits per heavy atom. The summed E-state index contributed by atoms with van der Waals surface area (Å²) in [4.78, 5) is 34.3. The zero-order chi connectivity index (χ0) is 21.0. The largest absolute Gasteiger partial charge is 0.756 e. The Morgan fingerprint density at radius 2 is 1.90 bits per heavy atom. The van der Waals surface area contributed by atoms with Crippen molar-refractivity contribution >= 4 is 41.2 Å². The van der Waals surface area contributed by atoms with Crippen molar-refractivity contribution in [3.8, 4) is 0 Å². The van der Waals surface area contributed by atoms with Crippen molar-refractivity contribution in [2.75, 3.05) is 12.3 Å². The van der Waals surface area contributed by atoms with E-state index >= 15 is 0 Å². The fraction of sp³-hybridized carbons (Fsp3) is 0.500. The van der Waals surface area contributed by atoms with Gasteiger partial charge in [-0.2, -0.15) is 0 Å². The lowest BCUT2D eigenvalue weighted by Gasteiger charge is -2.38. The van der Waals surface area contributed by atoms with E-state index in [2.05, 4.69) is 27.9 Å². The van der Waals surface area contributed by atoms with Crippen LogP contribution in [0, 0.1) is 0 Å². The van der Waals surface area contributed by atoms with E-state index in [0.717, 1.165) is 0 Å². The normalized spacial score (nSPS) is 40.5. The van der Waals surface area contributed by atoms with Crippen LogP contribution in [0.1, 0.15) is 6.23 Å². The lowest BCUT2D eigenvalue weighted by Crippen LogP contribution is -2.33. The van der Waals surface area contributed by atoms with Gasteiger partial charge in [-0.1, -0.05) is 0 Å². The van der Waals surface area contributed by atoms with E-state index in [0.29, 0.717) is 0 Å². The molecule has 0 radical (unpaired) electrons. The van der Waals surface area contributed by atoms with E-state index in [1.165, 1.54) is 17.2 Å². The van der Waals surface area contributed by atoms with Gasteiger partial charge in [0, 0.05) is 0 Å². The summed E-state index contributed by atoms with van der Waals surface area (Å²) in [6.45, 7) is -0.579. The van der Waals surface area contributed by atoms with Gasteiger partial charge in [-0.15, -0.1) is 0 Å². The molecule has 0 saturated carbocycles. The van der Waals surface area contributed by atoms with Crippen molar-refractivity contribution in [2.24, 2.45) is 0 Å². The smallest absolute Gasteiger partial charge is 0.346 e. The Hall–Kier alpha value is -1.12. The van der Waals surface area contributed by atoms with Gasteiger partial charge < -0.3 is 35.0 Å². The number of imidazole rings is 1. The van der Waals surface area contributed by atoms with Crippen LogP contribution in [0.3, 0.4) is 0 Å². The topological polar surface area (TPSA) is 236 Å². The van der Waals surface area contributed by atoms with E-state index in [1.807, 2.05) is 0 Å². The molecule has 16 nitrogen and oxygen atoms in total. The van der Waals surface area contributed by atoms with Crippen LogP contribution >= 0.6 is 24.2 Å². The molecule has 2 aromatic rings. The zero-order valence-electron chi connectivity index (χ0n) is 13.9. The summed E-state index contributed by atoms with van der Waals surface area (Å²) in [6.07, 6.45) is -2.86. The molecule has 2 fully saturated rings. The van der Waals surface area contributed by atoms with Gasteiger partial charge in [-0.3, -0.25) is 13.7 Å². The molecule has 6 unspecified atom stereocenters. The summed E-state index contributed by atoms with van der Waals surface area (Å²) in [5.74, 6) is 0.0994. The molecule has 0 amide bonds. The second kappa shape index (κ2) is 7.54. The van der Waals surface area contributed by atoms with Crippen LogP contribution in [0.25, 0.3) is 11.2 Å². The average molecular weight is 471 g/mol. The molecule has 2 aliphatic rings. The summed E-state index contributed by atoms with van der Waals surface area (Å²) in [7, 11) is -13.2. The van der Waals surface area contributed by atoms with Gasteiger partial charge in [0.25, 0.3) is 15.6 Å². The maximum atomic E-state index is 11.3. The number of hydrogen-bond donors (Lipinski definition) is 3. The molecule has 4 heterocycles. The molecular weight excluding hydrogens is 459 g/mol. The Labute approximate surface area is 162 Å². The highest BCUT2D eigenvalue weighted by molar-refractivity contribution is 7.71. The highest BCUT2D eigenvalue weighted by atomic mass is 31.3. The Bertz CT molecular complexity index is 996. The number of aliphatic hydroxyl groups excluding tert-OH is 2. The number of aliphatic hydroxyl groups is 2. The van der Waals surface area contributed by atoms with E-state index in [9.17, 15) is 29.1 Å². The Balaban J connectivity index is 1.47. The van der Waals surface area contributed by atoms with E-state index in [1.54, 1.807) is 0 Å². The number of phosphoric acid groups is 2. The van der Waals surface area contributed by atoms with Crippen molar-refractivity contribution in [3.05, 3.63) is 12.7 Å². The molecular formula is C10H12N5O11P3-2. The molecule has 4 rings (SSSR count). The van der Waals surface area contributed by atoms with Gasteiger partial charge in [0.15, 0.2) is 17.7 Å². The van der Waals surface area contributed by atoms with Gasteiger partial charge >= 0.3 is 8.60 Å². The minimum Gasteiger partial charge on any atom is -0.756 e. The predicted octanol–water partition coefficient (Wildman–Crippen LogP) is -1.73. The number of rotatable bonds is 4. The van der Waals surface area contributed by atoms with Crippen molar-refractivity contribution in [2.45, 2.75) is 24.5 Å². The number of ether oxygens (including phenoxy) is 1. The molecule has 2 aromatic heterocycles. The monoisotopic (exact) mass is 471 g/mol. The fourth-order valence-corrected chi connectivity index (χ4v) is 6.76. The first-order valence-electron chi connectivity index (χ1n) is 7.67. The minimum absolute atomic E-state index is 0.0994. The highest BCUT2D eigenvalue weighted by Crippen LogP contribution is 2.73. The van der Waals surface area contributed by atoms with Crippen LogP contribution < -0.4 is 15.5 Å². The molecule has 19 heteroatoms. The third-order valence-corrected chi connectivity index (χ3v) is 8.50. The summed E-state index contributed by atoms with van der Waals surface area (Å²) < 4.78 is 46.6. The molecule has 29 heavy (non-hydrogen) atoms. The maximum Gasteiger partial charge on any atom is 0.346 e. The second-order valence-electron chi connectivity index (χ2n) is 5.79. The predicted molar refractivity (Wildman–Crippen MR) is 87.0 cm³/mol. The minimum atomic E-state index is -5.17. The van der Waals surface area contributed by atoms with Crippen LogP contribution in [-0.2, 0) is 31.3 Å². The van der Waals surface area contributed by atoms with Crippen LogP contribution in [0.5, 0.6) is 0 Å². The molecule has 6 atom stereocenters. The van der Waals surface area contributed by atoms with Crippen LogP contribution in [0.15, 0.2) is 12.7 Å². The number of anilines is 1. The molecule has 0 bridgehead atoms. The molecule has 0 spiro atoms. The Morgan fingerprint density at radius 3 is 2.59 bits per heavy atom. The first kappa shape index (κ1) is 21.1. The fourth-order valence-electron chi connectivity index (χ4n) is 2.66. The molecule has 4 N–H and O–H groups in total. The lowest BCUT2D eigenvalue weighted by molar-refractivity contribution is -0.240. The van der Waals surface area contributed by atoms with Gasteiger partial charge in [-0.25, -0.2) is 27.9 Å². The second-order valence-corrected chi connectivity index (χ2v) is 10.2. The Kier molecular flexibility index (Phi) is 5.49. The van der Waals surface area contributed by atoms with Crippen LogP contribution in [0.4, 0.5) is 5.82 Å². The van der Waals surface area contributed by atoms with Crippen molar-refractivity contribution in [3.63, 3.8) is 0 Å². The number of fused-ring (bicyclic) bond motifs is 1. The van der Waals surface area contributed by atoms with Crippen LogP contribution in [-0.4, -0.2) is 54.7 Å². The highest BCUT2D eigenvalue weighted by Gasteiger charge is 2.46. The van der Waals surface area contributed by atoms with E-state index in [-0.39, 0.29) is 17.0 Å². The number of nitrogens with two attached hydrogens (primary N) is 1. The quantitative estimate of drug-likeness (QED) is 0.420. The first-order chi connectivity index (χ1) is 13.6. The van der Waals surface area contributed by atoms with Gasteiger partial charge in [0.2, 0.25) is 0 Å². The standard InChI is InChI=1S/C10H14N5O11P3/c11-8-5-9(13-2-12-8)15(3-14-5)10-7(17)6(16)4(23-10)1-22-27-24-28(18,19)26-29(20,21)25-27/h2-4,6-7,10,16-17H,1H2,(H,18,19)(H,20,21)(H2,11,12,13)/p-2. The number of hydrogen-bond acceptors (Lipinski definition) is 15. The lowest BCUT2D eigenvalue weighted by atomic mass is 10.1. The van der Waals surface area contributed by atoms with Gasteiger partial charge in [-0.05, 0) is 0 Å². The van der Waals surface area contributed by atoms with Crippen LogP contribution in [0.2, 0.25) is 0 Å². The zero-order valence-corrected chi connectivity index (χ0v) is 16.6. The maximum absolute atomic E-state index is 11.3. The van der Waals surface area contributed by atoms with Crippen molar-refractivity contribution in [1.82, 2.24) is 19.5 Å². The third-order valence-electron chi connectivity index (χ3n) is 3.88. The summed E-state index contributed by atoms with van der Waals surface area (Å²) in [5, 5.41) is 20.5. The molecule has 0 aromatic carbocycles. The third kappa shape index (κ3) is 4.21. The van der Waals surface area contributed by atoms with Crippen molar-refractivity contribution in [1.29, 1.82) is 0 Å². The molecule has 2 saturated heterocycles. The first-order valence-corrected chi connectivity index (χ1v) is 11.7. The number of nitrogen functional groups attached to an aromatic ring is 1. The molecule has 160 valence electrons.